The van der Waals surface area contributed by atoms with Crippen molar-refractivity contribution in [3.63, 3.8) is 0 Å². The fourth-order valence-corrected chi connectivity index (χ4v) is 3.53. The first-order valence-electron chi connectivity index (χ1n) is 7.97. The molecule has 1 saturated heterocycles. The van der Waals surface area contributed by atoms with Gasteiger partial charge in [0.2, 0.25) is 10.0 Å². The Hall–Kier alpha value is -1.15. The van der Waals surface area contributed by atoms with Crippen LogP contribution in [0.25, 0.3) is 0 Å². The number of ether oxygens (including phenoxy) is 1. The van der Waals surface area contributed by atoms with E-state index in [9.17, 15) is 8.42 Å². The van der Waals surface area contributed by atoms with E-state index in [0.717, 1.165) is 30.8 Å². The molecular formula is C16H26N2O4S. The van der Waals surface area contributed by atoms with E-state index in [2.05, 4.69) is 9.62 Å². The lowest BCUT2D eigenvalue weighted by molar-refractivity contribution is 0.201. The molecule has 0 radical (unpaired) electrons. The van der Waals surface area contributed by atoms with Crippen LogP contribution in [-0.4, -0.2) is 56.0 Å². The molecule has 130 valence electrons. The molecule has 1 aliphatic heterocycles. The Morgan fingerprint density at radius 3 is 2.91 bits per heavy atom. The number of nitrogens with zero attached hydrogens (tertiary/aromatic N) is 1. The lowest BCUT2D eigenvalue weighted by Gasteiger charge is -2.18. The minimum atomic E-state index is -3.22. The van der Waals surface area contributed by atoms with Gasteiger partial charge >= 0.3 is 0 Å². The largest absolute Gasteiger partial charge is 0.491 e. The number of hydrogen-bond acceptors (Lipinski definition) is 5. The van der Waals surface area contributed by atoms with Gasteiger partial charge in [-0.2, -0.15) is 0 Å². The summed E-state index contributed by atoms with van der Waals surface area (Å²) in [4.78, 5) is 2.23. The van der Waals surface area contributed by atoms with Crippen molar-refractivity contribution in [3.8, 4) is 5.75 Å². The van der Waals surface area contributed by atoms with Gasteiger partial charge in [0.05, 0.1) is 11.9 Å². The summed E-state index contributed by atoms with van der Waals surface area (Å²) in [6.07, 6.45) is 0.826. The Balaban J connectivity index is 1.88. The van der Waals surface area contributed by atoms with E-state index in [1.807, 2.05) is 24.3 Å². The zero-order valence-corrected chi connectivity index (χ0v) is 14.6. The number of nitrogens with one attached hydrogen (secondary N) is 1. The maximum absolute atomic E-state index is 11.9. The molecule has 23 heavy (non-hydrogen) atoms. The van der Waals surface area contributed by atoms with Gasteiger partial charge in [0.15, 0.2) is 0 Å². The van der Waals surface area contributed by atoms with Crippen molar-refractivity contribution in [2.75, 3.05) is 26.3 Å². The number of aliphatic hydroxyl groups excluding tert-OH is 1. The lowest BCUT2D eigenvalue weighted by atomic mass is 10.2. The highest BCUT2D eigenvalue weighted by Crippen LogP contribution is 2.18. The Morgan fingerprint density at radius 2 is 2.22 bits per heavy atom. The van der Waals surface area contributed by atoms with Crippen LogP contribution in [0.1, 0.15) is 25.8 Å². The summed E-state index contributed by atoms with van der Waals surface area (Å²) >= 11 is 0. The van der Waals surface area contributed by atoms with Gasteiger partial charge in [0.1, 0.15) is 12.4 Å². The molecule has 7 heteroatoms. The van der Waals surface area contributed by atoms with Crippen molar-refractivity contribution in [2.45, 2.75) is 38.1 Å². The topological polar surface area (TPSA) is 78.9 Å². The van der Waals surface area contributed by atoms with Crippen LogP contribution in [0.3, 0.4) is 0 Å². The smallest absolute Gasteiger partial charge is 0.214 e. The van der Waals surface area contributed by atoms with E-state index in [0.29, 0.717) is 6.54 Å². The average Bonchev–Trinajstić information content (AvgIpc) is 2.91. The molecule has 6 nitrogen and oxygen atoms in total. The lowest BCUT2D eigenvalue weighted by Crippen LogP contribution is -2.40. The highest BCUT2D eigenvalue weighted by atomic mass is 32.2. The van der Waals surface area contributed by atoms with E-state index in [-0.39, 0.29) is 19.3 Å². The first-order valence-corrected chi connectivity index (χ1v) is 9.51. The van der Waals surface area contributed by atoms with E-state index >= 15 is 0 Å². The summed E-state index contributed by atoms with van der Waals surface area (Å²) in [5.41, 5.74) is 1.12. The second-order valence-corrected chi connectivity index (χ2v) is 8.42. The average molecular weight is 342 g/mol. The standard InChI is InChI=1S/C16H26N2O4S/c1-13(2)23(20,21)17-15-6-7-18(12-15)11-14-4-3-5-16(10-14)22-9-8-19/h3-5,10,13,15,17,19H,6-9,11-12H2,1-2H3/t15-/m0/s1. The molecule has 0 bridgehead atoms. The SMILES string of the molecule is CC(C)S(=O)(=O)N[C@H]1CCN(Cc2cccc(OCCO)c2)C1. The Labute approximate surface area is 138 Å². The van der Waals surface area contributed by atoms with Crippen molar-refractivity contribution >= 4 is 10.0 Å². The van der Waals surface area contributed by atoms with Crippen LogP contribution in [-0.2, 0) is 16.6 Å². The van der Waals surface area contributed by atoms with Crippen molar-refractivity contribution < 1.29 is 18.3 Å². The van der Waals surface area contributed by atoms with Crippen molar-refractivity contribution in [1.29, 1.82) is 0 Å². The predicted molar refractivity (Wildman–Crippen MR) is 89.9 cm³/mol. The van der Waals surface area contributed by atoms with E-state index in [1.54, 1.807) is 13.8 Å². The van der Waals surface area contributed by atoms with Gasteiger partial charge < -0.3 is 9.84 Å². The predicted octanol–water partition coefficient (Wildman–Crippen LogP) is 0.960. The van der Waals surface area contributed by atoms with Crippen molar-refractivity contribution in [1.82, 2.24) is 9.62 Å². The van der Waals surface area contributed by atoms with Gasteiger partial charge in [-0.05, 0) is 38.0 Å². The molecule has 2 N–H and O–H groups in total. The highest BCUT2D eigenvalue weighted by molar-refractivity contribution is 7.90. The summed E-state index contributed by atoms with van der Waals surface area (Å²) in [5.74, 6) is 0.743. The van der Waals surface area contributed by atoms with E-state index in [1.165, 1.54) is 0 Å². The molecule has 0 spiro atoms. The van der Waals surface area contributed by atoms with Crippen molar-refractivity contribution in [2.24, 2.45) is 0 Å². The Bertz CT molecular complexity index is 604. The van der Waals surface area contributed by atoms with Crippen LogP contribution in [0, 0.1) is 0 Å². The van der Waals surface area contributed by atoms with Crippen LogP contribution in [0.4, 0.5) is 0 Å². The Morgan fingerprint density at radius 1 is 1.43 bits per heavy atom. The van der Waals surface area contributed by atoms with Gasteiger partial charge in [-0.25, -0.2) is 13.1 Å². The summed E-state index contributed by atoms with van der Waals surface area (Å²) < 4.78 is 32.1. The first-order chi connectivity index (χ1) is 10.9. The highest BCUT2D eigenvalue weighted by Gasteiger charge is 2.27. The maximum Gasteiger partial charge on any atom is 0.214 e. The molecule has 2 rings (SSSR count). The van der Waals surface area contributed by atoms with E-state index < -0.39 is 15.3 Å². The first kappa shape index (κ1) is 18.2. The maximum atomic E-state index is 11.9. The summed E-state index contributed by atoms with van der Waals surface area (Å²) in [7, 11) is -3.22. The fraction of sp³-hybridized carbons (Fsp3) is 0.625. The van der Waals surface area contributed by atoms with Gasteiger partial charge in [-0.1, -0.05) is 12.1 Å². The summed E-state index contributed by atoms with van der Waals surface area (Å²) in [5, 5.41) is 8.39. The quantitative estimate of drug-likeness (QED) is 0.736. The van der Waals surface area contributed by atoms with E-state index in [4.69, 9.17) is 9.84 Å². The molecule has 1 aromatic rings. The molecule has 0 aliphatic carbocycles. The minimum Gasteiger partial charge on any atom is -0.491 e. The van der Waals surface area contributed by atoms with Crippen LogP contribution in [0.2, 0.25) is 0 Å². The molecule has 0 amide bonds. The number of rotatable bonds is 8. The molecule has 1 fully saturated rings. The van der Waals surface area contributed by atoms with Crippen molar-refractivity contribution in [3.05, 3.63) is 29.8 Å². The summed E-state index contributed by atoms with van der Waals surface area (Å²) in [6.45, 7) is 6.00. The zero-order valence-electron chi connectivity index (χ0n) is 13.7. The third-order valence-corrected chi connectivity index (χ3v) is 5.79. The molecule has 1 aromatic carbocycles. The molecule has 1 aliphatic rings. The number of hydrogen-bond donors (Lipinski definition) is 2. The third kappa shape index (κ3) is 5.46. The van der Waals surface area contributed by atoms with Crippen LogP contribution in [0.5, 0.6) is 5.75 Å². The molecular weight excluding hydrogens is 316 g/mol. The number of likely N-dealkylation sites (tertiary alicyclic amines) is 1. The number of benzene rings is 1. The van der Waals surface area contributed by atoms with Crippen LogP contribution in [0.15, 0.2) is 24.3 Å². The number of sulfonamides is 1. The van der Waals surface area contributed by atoms with Crippen LogP contribution < -0.4 is 9.46 Å². The zero-order chi connectivity index (χ0) is 16.9. The van der Waals surface area contributed by atoms with Gasteiger partial charge in [0, 0.05) is 25.7 Å². The molecule has 1 atom stereocenters. The second-order valence-electron chi connectivity index (χ2n) is 6.15. The molecule has 0 unspecified atom stereocenters. The van der Waals surface area contributed by atoms with Crippen LogP contribution >= 0.6 is 0 Å². The normalized spacial score (nSPS) is 19.4. The molecule has 0 saturated carbocycles. The fourth-order valence-electron chi connectivity index (χ4n) is 2.60. The molecule has 1 heterocycles. The van der Waals surface area contributed by atoms with Gasteiger partial charge in [-0.3, -0.25) is 4.90 Å². The third-order valence-electron chi connectivity index (χ3n) is 3.89. The Kier molecular flexibility index (Phi) is 6.41. The molecule has 0 aromatic heterocycles. The van der Waals surface area contributed by atoms with Gasteiger partial charge in [0.25, 0.3) is 0 Å². The summed E-state index contributed by atoms with van der Waals surface area (Å²) in [6, 6.07) is 7.76. The second kappa shape index (κ2) is 8.10. The monoisotopic (exact) mass is 342 g/mol. The minimum absolute atomic E-state index is 0.00593. The van der Waals surface area contributed by atoms with Gasteiger partial charge in [-0.15, -0.1) is 0 Å². The number of aliphatic hydroxyl groups is 1.